The number of hydrogen-bond acceptors (Lipinski definition) is 3. The summed E-state index contributed by atoms with van der Waals surface area (Å²) in [5, 5.41) is 13.3. The van der Waals surface area contributed by atoms with Crippen LogP contribution < -0.4 is 5.32 Å². The zero-order valence-electron chi connectivity index (χ0n) is 20.2. The van der Waals surface area contributed by atoms with E-state index in [1.807, 2.05) is 37.3 Å². The predicted octanol–water partition coefficient (Wildman–Crippen LogP) is 6.83. The van der Waals surface area contributed by atoms with Crippen LogP contribution in [-0.4, -0.2) is 28.0 Å². The molecule has 4 rings (SSSR count). The van der Waals surface area contributed by atoms with Gasteiger partial charge in [0.2, 0.25) is 5.91 Å². The smallest absolute Gasteiger partial charge is 0.337 e. The normalized spacial score (nSPS) is 12.5. The molecular formula is C30H26Cl2N2O3. The minimum absolute atomic E-state index is 0.0326. The summed E-state index contributed by atoms with van der Waals surface area (Å²) in [6, 6.07) is 25.3. The standard InChI is InChI=1S/C30H26Cl2N2O3/c1-19(34-29(35)16-21-13-25(30(36)37)18-33-17-21)26(14-20-7-12-27(31)28(32)15-20)24-10-8-23(9-11-24)22-5-3-2-4-6-22/h2-13,15,17-19,26H,14,16H2,1H3,(H,34,35)(H,36,37). The van der Waals surface area contributed by atoms with Gasteiger partial charge in [0.1, 0.15) is 0 Å². The van der Waals surface area contributed by atoms with Crippen LogP contribution in [0.2, 0.25) is 10.0 Å². The second-order valence-corrected chi connectivity index (χ2v) is 9.78. The number of carbonyl (C=O) groups is 2. The van der Waals surface area contributed by atoms with E-state index < -0.39 is 5.97 Å². The van der Waals surface area contributed by atoms with Crippen LogP contribution in [0.5, 0.6) is 0 Å². The fraction of sp³-hybridized carbons (Fsp3) is 0.167. The molecular weight excluding hydrogens is 507 g/mol. The van der Waals surface area contributed by atoms with Crippen molar-refractivity contribution < 1.29 is 14.7 Å². The molecule has 5 nitrogen and oxygen atoms in total. The minimum atomic E-state index is -1.08. The Bertz CT molecular complexity index is 1390. The van der Waals surface area contributed by atoms with Crippen molar-refractivity contribution in [3.63, 3.8) is 0 Å². The summed E-state index contributed by atoms with van der Waals surface area (Å²) >= 11 is 12.4. The average Bonchev–Trinajstić information content (AvgIpc) is 2.90. The van der Waals surface area contributed by atoms with Crippen LogP contribution in [0.15, 0.2) is 91.3 Å². The van der Waals surface area contributed by atoms with Crippen LogP contribution in [-0.2, 0) is 17.6 Å². The summed E-state index contributed by atoms with van der Waals surface area (Å²) < 4.78 is 0. The number of hydrogen-bond donors (Lipinski definition) is 2. The maximum Gasteiger partial charge on any atom is 0.337 e. The summed E-state index contributed by atoms with van der Waals surface area (Å²) in [5.41, 5.74) is 4.92. The number of carbonyl (C=O) groups excluding carboxylic acids is 1. The highest BCUT2D eigenvalue weighted by molar-refractivity contribution is 6.42. The van der Waals surface area contributed by atoms with Gasteiger partial charge in [-0.2, -0.15) is 0 Å². The number of pyridine rings is 1. The van der Waals surface area contributed by atoms with Gasteiger partial charge in [0.05, 0.1) is 22.0 Å². The molecule has 1 aromatic heterocycles. The molecule has 2 N–H and O–H groups in total. The lowest BCUT2D eigenvalue weighted by Crippen LogP contribution is -2.38. The zero-order valence-corrected chi connectivity index (χ0v) is 21.7. The minimum Gasteiger partial charge on any atom is -0.478 e. The van der Waals surface area contributed by atoms with Gasteiger partial charge in [0, 0.05) is 24.4 Å². The summed E-state index contributed by atoms with van der Waals surface area (Å²) in [4.78, 5) is 28.1. The first-order valence-corrected chi connectivity index (χ1v) is 12.6. The SMILES string of the molecule is CC(NC(=O)Cc1cncc(C(=O)O)c1)C(Cc1ccc(Cl)c(Cl)c1)c1ccc(-c2ccccc2)cc1. The van der Waals surface area contributed by atoms with Crippen LogP contribution in [0, 0.1) is 0 Å². The molecule has 0 saturated carbocycles. The molecule has 1 heterocycles. The zero-order chi connectivity index (χ0) is 26.4. The quantitative estimate of drug-likeness (QED) is 0.247. The van der Waals surface area contributed by atoms with E-state index in [0.717, 1.165) is 22.3 Å². The van der Waals surface area contributed by atoms with Gasteiger partial charge in [-0.3, -0.25) is 9.78 Å². The number of nitrogens with zero attached hydrogens (tertiary/aromatic N) is 1. The van der Waals surface area contributed by atoms with E-state index in [2.05, 4.69) is 46.7 Å². The number of nitrogens with one attached hydrogen (secondary N) is 1. The van der Waals surface area contributed by atoms with Crippen LogP contribution in [0.4, 0.5) is 0 Å². The largest absolute Gasteiger partial charge is 0.478 e. The fourth-order valence-corrected chi connectivity index (χ4v) is 4.67. The molecule has 0 aliphatic rings. The Balaban J connectivity index is 1.56. The first-order valence-electron chi connectivity index (χ1n) is 11.9. The van der Waals surface area contributed by atoms with Crippen molar-refractivity contribution in [2.24, 2.45) is 0 Å². The van der Waals surface area contributed by atoms with Gasteiger partial charge in [-0.1, -0.05) is 83.9 Å². The molecule has 0 saturated heterocycles. The lowest BCUT2D eigenvalue weighted by Gasteiger charge is -2.26. The van der Waals surface area contributed by atoms with Crippen molar-refractivity contribution in [1.82, 2.24) is 10.3 Å². The van der Waals surface area contributed by atoms with E-state index in [9.17, 15) is 14.7 Å². The Labute approximate surface area is 226 Å². The summed E-state index contributed by atoms with van der Waals surface area (Å²) in [5.74, 6) is -1.34. The summed E-state index contributed by atoms with van der Waals surface area (Å²) in [7, 11) is 0. The second-order valence-electron chi connectivity index (χ2n) is 8.97. The van der Waals surface area contributed by atoms with Crippen molar-refractivity contribution in [3.8, 4) is 11.1 Å². The Morgan fingerprint density at radius 3 is 2.24 bits per heavy atom. The number of aromatic nitrogens is 1. The molecule has 188 valence electrons. The van der Waals surface area contributed by atoms with E-state index in [0.29, 0.717) is 22.0 Å². The van der Waals surface area contributed by atoms with Crippen LogP contribution in [0.3, 0.4) is 0 Å². The van der Waals surface area contributed by atoms with E-state index in [1.54, 1.807) is 6.07 Å². The van der Waals surface area contributed by atoms with E-state index in [1.165, 1.54) is 18.5 Å². The fourth-order valence-electron chi connectivity index (χ4n) is 4.35. The number of benzene rings is 3. The topological polar surface area (TPSA) is 79.3 Å². The average molecular weight is 533 g/mol. The number of carboxylic acids is 1. The molecule has 3 aromatic carbocycles. The second kappa shape index (κ2) is 12.0. The Morgan fingerprint density at radius 1 is 0.865 bits per heavy atom. The highest BCUT2D eigenvalue weighted by Gasteiger charge is 2.22. The Morgan fingerprint density at radius 2 is 1.57 bits per heavy atom. The predicted molar refractivity (Wildman–Crippen MR) is 147 cm³/mol. The van der Waals surface area contributed by atoms with Crippen LogP contribution in [0.1, 0.15) is 39.9 Å². The van der Waals surface area contributed by atoms with Gasteiger partial charge in [-0.15, -0.1) is 0 Å². The highest BCUT2D eigenvalue weighted by Crippen LogP contribution is 2.30. The van der Waals surface area contributed by atoms with Crippen molar-refractivity contribution in [2.75, 3.05) is 0 Å². The number of carboxylic acid groups (broad SMARTS) is 1. The molecule has 7 heteroatoms. The molecule has 0 aliphatic heterocycles. The molecule has 0 radical (unpaired) electrons. The van der Waals surface area contributed by atoms with Crippen LogP contribution >= 0.6 is 23.2 Å². The molecule has 4 aromatic rings. The molecule has 2 atom stereocenters. The number of aromatic carboxylic acids is 1. The van der Waals surface area contributed by atoms with Gasteiger partial charge < -0.3 is 10.4 Å². The van der Waals surface area contributed by atoms with Gasteiger partial charge >= 0.3 is 5.97 Å². The summed E-state index contributed by atoms with van der Waals surface area (Å²) in [6.45, 7) is 1.97. The van der Waals surface area contributed by atoms with Gasteiger partial charge in [0.15, 0.2) is 0 Å². The maximum absolute atomic E-state index is 12.9. The van der Waals surface area contributed by atoms with Crippen LogP contribution in [0.25, 0.3) is 11.1 Å². The van der Waals surface area contributed by atoms with Gasteiger partial charge in [0.25, 0.3) is 0 Å². The lowest BCUT2D eigenvalue weighted by molar-refractivity contribution is -0.121. The third kappa shape index (κ3) is 6.97. The molecule has 1 amide bonds. The molecule has 2 unspecified atom stereocenters. The van der Waals surface area contributed by atoms with Gasteiger partial charge in [-0.25, -0.2) is 4.79 Å². The molecule has 0 fully saturated rings. The Hall–Kier alpha value is -3.67. The van der Waals surface area contributed by atoms with Crippen molar-refractivity contribution >= 4 is 35.1 Å². The molecule has 0 spiro atoms. The molecule has 37 heavy (non-hydrogen) atoms. The van der Waals surface area contributed by atoms with Gasteiger partial charge in [-0.05, 0) is 59.4 Å². The third-order valence-corrected chi connectivity index (χ3v) is 7.02. The monoisotopic (exact) mass is 532 g/mol. The lowest BCUT2D eigenvalue weighted by atomic mass is 9.85. The maximum atomic E-state index is 12.9. The first-order chi connectivity index (χ1) is 17.8. The number of rotatable bonds is 9. The summed E-state index contributed by atoms with van der Waals surface area (Å²) in [6.07, 6.45) is 3.44. The van der Waals surface area contributed by atoms with E-state index >= 15 is 0 Å². The first kappa shape index (κ1) is 26.4. The Kier molecular flexibility index (Phi) is 8.59. The molecule has 0 aliphatic carbocycles. The number of halogens is 2. The third-order valence-electron chi connectivity index (χ3n) is 6.28. The van der Waals surface area contributed by atoms with E-state index in [4.69, 9.17) is 23.2 Å². The van der Waals surface area contributed by atoms with Crippen molar-refractivity contribution in [3.05, 3.63) is 124 Å². The highest BCUT2D eigenvalue weighted by atomic mass is 35.5. The van der Waals surface area contributed by atoms with E-state index in [-0.39, 0.29) is 29.9 Å². The number of amides is 1. The molecule has 0 bridgehead atoms. The van der Waals surface area contributed by atoms with Crippen molar-refractivity contribution in [2.45, 2.75) is 31.7 Å². The van der Waals surface area contributed by atoms with Crippen molar-refractivity contribution in [1.29, 1.82) is 0 Å².